The van der Waals surface area contributed by atoms with Crippen molar-refractivity contribution < 1.29 is 4.42 Å². The molecule has 0 aliphatic carbocycles. The first kappa shape index (κ1) is 13.8. The summed E-state index contributed by atoms with van der Waals surface area (Å²) >= 11 is 0. The monoisotopic (exact) mass is 258 g/mol. The quantitative estimate of drug-likeness (QED) is 0.896. The second kappa shape index (κ2) is 6.04. The van der Waals surface area contributed by atoms with Crippen LogP contribution in [-0.2, 0) is 6.54 Å². The van der Waals surface area contributed by atoms with E-state index in [1.807, 2.05) is 13.0 Å². The molecule has 0 aliphatic heterocycles. The molecule has 0 radical (unpaired) electrons. The molecule has 102 valence electrons. The molecule has 1 heterocycles. The van der Waals surface area contributed by atoms with E-state index >= 15 is 0 Å². The lowest BCUT2D eigenvalue weighted by atomic mass is 10.0. The predicted octanol–water partition coefficient (Wildman–Crippen LogP) is 3.03. The van der Waals surface area contributed by atoms with Gasteiger partial charge in [0.05, 0.1) is 6.26 Å². The number of nitrogens with zero attached hydrogens (tertiary/aromatic N) is 1. The van der Waals surface area contributed by atoms with Gasteiger partial charge in [-0.15, -0.1) is 0 Å². The molecular weight excluding hydrogens is 236 g/mol. The SMILES string of the molecule is Cc1ccc(C(CN)N(C)Cc2ccoc2C)cc1. The number of hydrogen-bond donors (Lipinski definition) is 1. The van der Waals surface area contributed by atoms with Gasteiger partial charge in [0.25, 0.3) is 0 Å². The summed E-state index contributed by atoms with van der Waals surface area (Å²) in [5.74, 6) is 0.978. The van der Waals surface area contributed by atoms with E-state index in [9.17, 15) is 0 Å². The standard InChI is InChI=1S/C16H22N2O/c1-12-4-6-14(7-5-12)16(10-17)18(3)11-15-8-9-19-13(15)2/h4-9,16H,10-11,17H2,1-3H3. The Labute approximate surface area is 115 Å². The van der Waals surface area contributed by atoms with Gasteiger partial charge in [0.2, 0.25) is 0 Å². The fourth-order valence-corrected chi connectivity index (χ4v) is 2.31. The van der Waals surface area contributed by atoms with E-state index in [2.05, 4.69) is 43.1 Å². The number of aryl methyl sites for hydroxylation is 2. The zero-order valence-electron chi connectivity index (χ0n) is 11.9. The Hall–Kier alpha value is -1.58. The van der Waals surface area contributed by atoms with Crippen molar-refractivity contribution in [2.24, 2.45) is 5.73 Å². The summed E-state index contributed by atoms with van der Waals surface area (Å²) in [6, 6.07) is 10.8. The third-order valence-electron chi connectivity index (χ3n) is 3.60. The number of hydrogen-bond acceptors (Lipinski definition) is 3. The van der Waals surface area contributed by atoms with Gasteiger partial charge in [-0.05, 0) is 32.5 Å². The van der Waals surface area contributed by atoms with Crippen LogP contribution in [0.1, 0.15) is 28.5 Å². The van der Waals surface area contributed by atoms with E-state index in [0.717, 1.165) is 12.3 Å². The molecule has 1 aromatic heterocycles. The van der Waals surface area contributed by atoms with Crippen molar-refractivity contribution in [3.05, 3.63) is 59.0 Å². The van der Waals surface area contributed by atoms with E-state index in [-0.39, 0.29) is 6.04 Å². The number of benzene rings is 1. The summed E-state index contributed by atoms with van der Waals surface area (Å²) < 4.78 is 5.34. The highest BCUT2D eigenvalue weighted by Crippen LogP contribution is 2.22. The fourth-order valence-electron chi connectivity index (χ4n) is 2.31. The highest BCUT2D eigenvalue weighted by Gasteiger charge is 2.16. The van der Waals surface area contributed by atoms with Gasteiger partial charge in [-0.2, -0.15) is 0 Å². The average Bonchev–Trinajstić information content (AvgIpc) is 2.78. The Balaban J connectivity index is 2.13. The molecule has 0 spiro atoms. The molecule has 2 aromatic rings. The van der Waals surface area contributed by atoms with Crippen molar-refractivity contribution in [3.8, 4) is 0 Å². The molecule has 0 saturated carbocycles. The minimum Gasteiger partial charge on any atom is -0.469 e. The summed E-state index contributed by atoms with van der Waals surface area (Å²) in [6.45, 7) is 5.54. The predicted molar refractivity (Wildman–Crippen MR) is 77.9 cm³/mol. The lowest BCUT2D eigenvalue weighted by Gasteiger charge is -2.27. The number of rotatable bonds is 5. The molecule has 19 heavy (non-hydrogen) atoms. The molecule has 2 rings (SSSR count). The summed E-state index contributed by atoms with van der Waals surface area (Å²) in [7, 11) is 2.10. The second-order valence-corrected chi connectivity index (χ2v) is 5.08. The topological polar surface area (TPSA) is 42.4 Å². The van der Waals surface area contributed by atoms with Gasteiger partial charge in [-0.25, -0.2) is 0 Å². The van der Waals surface area contributed by atoms with Gasteiger partial charge in [0, 0.05) is 24.7 Å². The van der Waals surface area contributed by atoms with Crippen molar-refractivity contribution in [2.75, 3.05) is 13.6 Å². The third kappa shape index (κ3) is 3.25. The van der Waals surface area contributed by atoms with E-state index in [4.69, 9.17) is 10.2 Å². The molecule has 0 aliphatic rings. The molecule has 0 saturated heterocycles. The largest absolute Gasteiger partial charge is 0.469 e. The highest BCUT2D eigenvalue weighted by molar-refractivity contribution is 5.25. The Morgan fingerprint density at radius 2 is 1.84 bits per heavy atom. The summed E-state index contributed by atoms with van der Waals surface area (Å²) in [4.78, 5) is 2.27. The Kier molecular flexibility index (Phi) is 4.40. The van der Waals surface area contributed by atoms with Crippen LogP contribution in [0.3, 0.4) is 0 Å². The molecule has 3 nitrogen and oxygen atoms in total. The Bertz CT molecular complexity index is 516. The smallest absolute Gasteiger partial charge is 0.105 e. The van der Waals surface area contributed by atoms with Crippen LogP contribution in [-0.4, -0.2) is 18.5 Å². The molecule has 1 aromatic carbocycles. The maximum atomic E-state index is 5.95. The molecule has 1 unspecified atom stereocenters. The van der Waals surface area contributed by atoms with Gasteiger partial charge in [0.1, 0.15) is 5.76 Å². The highest BCUT2D eigenvalue weighted by atomic mass is 16.3. The summed E-state index contributed by atoms with van der Waals surface area (Å²) in [5, 5.41) is 0. The van der Waals surface area contributed by atoms with Crippen molar-refractivity contribution in [1.29, 1.82) is 0 Å². The van der Waals surface area contributed by atoms with Crippen LogP contribution in [0.2, 0.25) is 0 Å². The van der Waals surface area contributed by atoms with Crippen molar-refractivity contribution >= 4 is 0 Å². The van der Waals surface area contributed by atoms with Gasteiger partial charge in [0.15, 0.2) is 0 Å². The van der Waals surface area contributed by atoms with E-state index in [1.165, 1.54) is 16.7 Å². The van der Waals surface area contributed by atoms with Crippen LogP contribution in [0, 0.1) is 13.8 Å². The lowest BCUT2D eigenvalue weighted by Crippen LogP contribution is -2.30. The van der Waals surface area contributed by atoms with Gasteiger partial charge < -0.3 is 10.2 Å². The molecular formula is C16H22N2O. The molecule has 0 bridgehead atoms. The van der Waals surface area contributed by atoms with Crippen molar-refractivity contribution in [3.63, 3.8) is 0 Å². The first-order valence-corrected chi connectivity index (χ1v) is 6.61. The third-order valence-corrected chi connectivity index (χ3v) is 3.60. The number of furan rings is 1. The van der Waals surface area contributed by atoms with E-state index < -0.39 is 0 Å². The first-order chi connectivity index (χ1) is 9.11. The maximum Gasteiger partial charge on any atom is 0.105 e. The van der Waals surface area contributed by atoms with Crippen LogP contribution in [0.15, 0.2) is 41.0 Å². The van der Waals surface area contributed by atoms with Gasteiger partial charge >= 0.3 is 0 Å². The molecule has 3 heteroatoms. The number of likely N-dealkylation sites (N-methyl/N-ethyl adjacent to an activating group) is 1. The maximum absolute atomic E-state index is 5.95. The normalized spacial score (nSPS) is 12.9. The minimum atomic E-state index is 0.231. The van der Waals surface area contributed by atoms with Gasteiger partial charge in [-0.1, -0.05) is 29.8 Å². The minimum absolute atomic E-state index is 0.231. The molecule has 0 amide bonds. The van der Waals surface area contributed by atoms with E-state index in [0.29, 0.717) is 6.54 Å². The van der Waals surface area contributed by atoms with Crippen molar-refractivity contribution in [1.82, 2.24) is 4.90 Å². The van der Waals surface area contributed by atoms with E-state index in [1.54, 1.807) is 6.26 Å². The Morgan fingerprint density at radius 1 is 1.16 bits per heavy atom. The molecule has 2 N–H and O–H groups in total. The fraction of sp³-hybridized carbons (Fsp3) is 0.375. The van der Waals surface area contributed by atoms with Crippen LogP contribution < -0.4 is 5.73 Å². The summed E-state index contributed by atoms with van der Waals surface area (Å²) in [5.41, 5.74) is 9.69. The van der Waals surface area contributed by atoms with Crippen LogP contribution >= 0.6 is 0 Å². The average molecular weight is 258 g/mol. The van der Waals surface area contributed by atoms with Crippen LogP contribution in [0.25, 0.3) is 0 Å². The first-order valence-electron chi connectivity index (χ1n) is 6.61. The van der Waals surface area contributed by atoms with Gasteiger partial charge in [-0.3, -0.25) is 4.90 Å². The Morgan fingerprint density at radius 3 is 2.37 bits per heavy atom. The van der Waals surface area contributed by atoms with Crippen LogP contribution in [0.5, 0.6) is 0 Å². The molecule has 1 atom stereocenters. The van der Waals surface area contributed by atoms with Crippen molar-refractivity contribution in [2.45, 2.75) is 26.4 Å². The zero-order chi connectivity index (χ0) is 13.8. The second-order valence-electron chi connectivity index (χ2n) is 5.08. The molecule has 0 fully saturated rings. The number of nitrogens with two attached hydrogens (primary N) is 1. The zero-order valence-corrected chi connectivity index (χ0v) is 11.9. The summed E-state index contributed by atoms with van der Waals surface area (Å²) in [6.07, 6.45) is 1.74. The van der Waals surface area contributed by atoms with Crippen LogP contribution in [0.4, 0.5) is 0 Å². The lowest BCUT2D eigenvalue weighted by molar-refractivity contribution is 0.240.